The summed E-state index contributed by atoms with van der Waals surface area (Å²) in [5.74, 6) is -1.17. The number of hydrogen-bond donors (Lipinski definition) is 2. The van der Waals surface area contributed by atoms with Crippen LogP contribution in [-0.2, 0) is 15.8 Å². The van der Waals surface area contributed by atoms with E-state index in [2.05, 4.69) is 10.6 Å². The first kappa shape index (κ1) is 19.2. The molecule has 0 bridgehead atoms. The molecule has 0 aromatic heterocycles. The first-order valence-electron chi connectivity index (χ1n) is 8.18. The average molecular weight is 397 g/mol. The van der Waals surface area contributed by atoms with E-state index in [1.807, 2.05) is 19.1 Å². The minimum Gasteiger partial charge on any atom is -0.325 e. The van der Waals surface area contributed by atoms with Crippen LogP contribution in [0.2, 0.25) is 5.02 Å². The quantitative estimate of drug-likeness (QED) is 0.712. The number of carbonyl (C=O) groups is 2. The number of amides is 2. The van der Waals surface area contributed by atoms with Gasteiger partial charge >= 0.3 is 6.18 Å². The number of alkyl halides is 3. The fraction of sp³-hybridized carbons (Fsp3) is 0.263. The summed E-state index contributed by atoms with van der Waals surface area (Å²) in [6.07, 6.45) is -3.94. The zero-order chi connectivity index (χ0) is 19.8. The molecule has 0 atom stereocenters. The number of nitrogens with one attached hydrogen (secondary N) is 2. The molecule has 0 heterocycles. The van der Waals surface area contributed by atoms with Gasteiger partial charge in [0.15, 0.2) is 0 Å². The van der Waals surface area contributed by atoms with Gasteiger partial charge in [-0.05, 0) is 50.1 Å². The molecule has 27 heavy (non-hydrogen) atoms. The highest BCUT2D eigenvalue weighted by atomic mass is 35.5. The number of hydrogen-bond acceptors (Lipinski definition) is 2. The van der Waals surface area contributed by atoms with Crippen molar-refractivity contribution in [3.05, 3.63) is 58.6 Å². The number of halogens is 4. The van der Waals surface area contributed by atoms with Crippen LogP contribution in [0, 0.1) is 12.3 Å². The van der Waals surface area contributed by atoms with Crippen LogP contribution in [0.25, 0.3) is 0 Å². The molecule has 142 valence electrons. The molecule has 0 aliphatic heterocycles. The molecule has 1 fully saturated rings. The maximum absolute atomic E-state index is 12.9. The summed E-state index contributed by atoms with van der Waals surface area (Å²) in [6, 6.07) is 9.71. The van der Waals surface area contributed by atoms with Gasteiger partial charge in [-0.3, -0.25) is 9.59 Å². The van der Waals surface area contributed by atoms with Crippen molar-refractivity contribution < 1.29 is 22.8 Å². The largest absolute Gasteiger partial charge is 0.416 e. The fourth-order valence-electron chi connectivity index (χ4n) is 2.61. The van der Waals surface area contributed by atoms with Gasteiger partial charge in [0.05, 0.1) is 16.3 Å². The summed E-state index contributed by atoms with van der Waals surface area (Å²) < 4.78 is 38.6. The van der Waals surface area contributed by atoms with E-state index in [9.17, 15) is 22.8 Å². The lowest BCUT2D eigenvalue weighted by Crippen LogP contribution is -2.35. The minimum atomic E-state index is -4.57. The first-order valence-corrected chi connectivity index (χ1v) is 8.56. The molecule has 3 rings (SSSR count). The molecule has 2 aromatic rings. The van der Waals surface area contributed by atoms with Crippen LogP contribution in [0.5, 0.6) is 0 Å². The van der Waals surface area contributed by atoms with E-state index in [1.54, 1.807) is 12.1 Å². The lowest BCUT2D eigenvalue weighted by molar-refractivity contribution is -0.137. The van der Waals surface area contributed by atoms with Crippen LogP contribution in [0.4, 0.5) is 24.5 Å². The highest BCUT2D eigenvalue weighted by Crippen LogP contribution is 2.48. The maximum atomic E-state index is 12.9. The molecule has 2 amide bonds. The molecule has 8 heteroatoms. The molecule has 1 saturated carbocycles. The highest BCUT2D eigenvalue weighted by Gasteiger charge is 2.56. The smallest absolute Gasteiger partial charge is 0.325 e. The molecule has 2 aromatic carbocycles. The molecule has 0 spiro atoms. The Bertz CT molecular complexity index is 891. The van der Waals surface area contributed by atoms with Gasteiger partial charge < -0.3 is 10.6 Å². The fourth-order valence-corrected chi connectivity index (χ4v) is 2.77. The molecule has 1 aliphatic carbocycles. The van der Waals surface area contributed by atoms with Crippen molar-refractivity contribution in [2.24, 2.45) is 5.41 Å². The minimum absolute atomic E-state index is 0.0360. The number of aryl methyl sites for hydroxylation is 1. The monoisotopic (exact) mass is 396 g/mol. The molecule has 0 saturated heterocycles. The van der Waals surface area contributed by atoms with Crippen molar-refractivity contribution >= 4 is 34.8 Å². The average Bonchev–Trinajstić information content (AvgIpc) is 3.40. The Balaban J connectivity index is 1.75. The van der Waals surface area contributed by atoms with Crippen molar-refractivity contribution in [2.75, 3.05) is 10.6 Å². The summed E-state index contributed by atoms with van der Waals surface area (Å²) in [5.41, 5.74) is -0.850. The second-order valence-corrected chi connectivity index (χ2v) is 6.96. The molecular formula is C19H16ClF3N2O2. The van der Waals surface area contributed by atoms with Crippen LogP contribution >= 0.6 is 11.6 Å². The molecule has 4 nitrogen and oxygen atoms in total. The van der Waals surface area contributed by atoms with Crippen LogP contribution in [-0.4, -0.2) is 11.8 Å². The van der Waals surface area contributed by atoms with Crippen LogP contribution in [0.15, 0.2) is 42.5 Å². The van der Waals surface area contributed by atoms with E-state index in [4.69, 9.17) is 11.6 Å². The Morgan fingerprint density at radius 3 is 2.15 bits per heavy atom. The predicted molar refractivity (Wildman–Crippen MR) is 96.6 cm³/mol. The Kier molecular flexibility index (Phi) is 4.90. The Hall–Kier alpha value is -2.54. The van der Waals surface area contributed by atoms with E-state index < -0.39 is 29.0 Å². The predicted octanol–water partition coefficient (Wildman–Crippen LogP) is 5.02. The van der Waals surface area contributed by atoms with Gasteiger partial charge in [-0.1, -0.05) is 29.3 Å². The topological polar surface area (TPSA) is 58.2 Å². The summed E-state index contributed by atoms with van der Waals surface area (Å²) in [4.78, 5) is 25.1. The van der Waals surface area contributed by atoms with Gasteiger partial charge in [0.2, 0.25) is 11.8 Å². The second-order valence-electron chi connectivity index (χ2n) is 6.55. The zero-order valence-corrected chi connectivity index (χ0v) is 15.0. The molecule has 2 N–H and O–H groups in total. The van der Waals surface area contributed by atoms with Crippen LogP contribution < -0.4 is 10.6 Å². The van der Waals surface area contributed by atoms with Gasteiger partial charge in [0.1, 0.15) is 5.41 Å². The van der Waals surface area contributed by atoms with E-state index in [0.717, 1.165) is 23.8 Å². The third kappa shape index (κ3) is 4.08. The van der Waals surface area contributed by atoms with Gasteiger partial charge in [-0.2, -0.15) is 13.2 Å². The Labute approximate surface area is 158 Å². The highest BCUT2D eigenvalue weighted by molar-refractivity contribution is 6.34. The van der Waals surface area contributed by atoms with Gasteiger partial charge in [0, 0.05) is 5.69 Å². The third-order valence-electron chi connectivity index (χ3n) is 4.47. The summed E-state index contributed by atoms with van der Waals surface area (Å²) in [5, 5.41) is 5.01. The van der Waals surface area contributed by atoms with Crippen molar-refractivity contribution in [1.82, 2.24) is 0 Å². The van der Waals surface area contributed by atoms with Crippen molar-refractivity contribution in [3.63, 3.8) is 0 Å². The van der Waals surface area contributed by atoms with Gasteiger partial charge in [0.25, 0.3) is 0 Å². The lowest BCUT2D eigenvalue weighted by atomic mass is 10.0. The summed E-state index contributed by atoms with van der Waals surface area (Å²) >= 11 is 5.90. The van der Waals surface area contributed by atoms with Crippen LogP contribution in [0.3, 0.4) is 0 Å². The van der Waals surface area contributed by atoms with Crippen molar-refractivity contribution in [1.29, 1.82) is 0 Å². The number of carbonyl (C=O) groups excluding carboxylic acids is 2. The number of benzene rings is 2. The molecule has 0 radical (unpaired) electrons. The van der Waals surface area contributed by atoms with Gasteiger partial charge in [-0.25, -0.2) is 0 Å². The second kappa shape index (κ2) is 6.88. The number of rotatable bonds is 4. The summed E-state index contributed by atoms with van der Waals surface area (Å²) in [7, 11) is 0. The number of anilines is 2. The molecule has 1 aliphatic rings. The third-order valence-corrected chi connectivity index (χ3v) is 4.80. The maximum Gasteiger partial charge on any atom is 0.416 e. The Morgan fingerprint density at radius 1 is 1.00 bits per heavy atom. The van der Waals surface area contributed by atoms with E-state index in [-0.39, 0.29) is 10.7 Å². The zero-order valence-electron chi connectivity index (χ0n) is 14.3. The molecular weight excluding hydrogens is 381 g/mol. The van der Waals surface area contributed by atoms with E-state index >= 15 is 0 Å². The molecule has 0 unspecified atom stereocenters. The first-order chi connectivity index (χ1) is 12.6. The van der Waals surface area contributed by atoms with Gasteiger partial charge in [-0.15, -0.1) is 0 Å². The van der Waals surface area contributed by atoms with E-state index in [0.29, 0.717) is 18.5 Å². The van der Waals surface area contributed by atoms with Crippen molar-refractivity contribution in [3.8, 4) is 0 Å². The van der Waals surface area contributed by atoms with E-state index in [1.165, 1.54) is 0 Å². The van der Waals surface area contributed by atoms with Crippen molar-refractivity contribution in [2.45, 2.75) is 25.9 Å². The Morgan fingerprint density at radius 2 is 1.59 bits per heavy atom. The normalized spacial score (nSPS) is 15.1. The lowest BCUT2D eigenvalue weighted by Gasteiger charge is -2.17. The SMILES string of the molecule is Cc1ccc(NC(=O)C2(C(=O)Nc3cc(C(F)(F)F)ccc3Cl)CC2)cc1. The van der Waals surface area contributed by atoms with Crippen LogP contribution in [0.1, 0.15) is 24.0 Å². The standard InChI is InChI=1S/C19H16ClF3N2O2/c1-11-2-5-13(6-3-11)24-16(26)18(8-9-18)17(27)25-15-10-12(19(21,22)23)4-7-14(15)20/h2-7,10H,8-9H2,1H3,(H,24,26)(H,25,27). The summed E-state index contributed by atoms with van der Waals surface area (Å²) in [6.45, 7) is 1.90.